The number of nitrogens with zero attached hydrogens (tertiary/aromatic N) is 1. The molecule has 0 aromatic rings. The molecule has 2 fully saturated rings. The Balaban J connectivity index is 2.24. The SMILES string of the molecule is CCOC(=O)[C@@]12CCCN1C(=O)CC[C@@H]2CC(=O)OC(C)(C)C. The summed E-state index contributed by atoms with van der Waals surface area (Å²) in [7, 11) is 0. The first-order chi connectivity index (χ1) is 10.7. The number of hydrogen-bond acceptors (Lipinski definition) is 5. The molecule has 2 saturated heterocycles. The zero-order valence-electron chi connectivity index (χ0n) is 14.5. The van der Waals surface area contributed by atoms with Crippen LogP contribution in [0.3, 0.4) is 0 Å². The maximum atomic E-state index is 12.7. The van der Waals surface area contributed by atoms with E-state index in [4.69, 9.17) is 9.47 Å². The second kappa shape index (κ2) is 6.49. The molecule has 0 unspecified atom stereocenters. The lowest BCUT2D eigenvalue weighted by molar-refractivity contribution is -0.173. The summed E-state index contributed by atoms with van der Waals surface area (Å²) in [5.74, 6) is -0.959. The molecule has 23 heavy (non-hydrogen) atoms. The van der Waals surface area contributed by atoms with E-state index in [1.165, 1.54) is 0 Å². The van der Waals surface area contributed by atoms with E-state index in [2.05, 4.69) is 0 Å². The van der Waals surface area contributed by atoms with Gasteiger partial charge in [0.2, 0.25) is 5.91 Å². The Morgan fingerprint density at radius 2 is 2.04 bits per heavy atom. The molecular formula is C17H27NO5. The number of rotatable bonds is 4. The molecule has 0 aromatic heterocycles. The van der Waals surface area contributed by atoms with E-state index in [9.17, 15) is 14.4 Å². The summed E-state index contributed by atoms with van der Waals surface area (Å²) in [6.45, 7) is 8.03. The van der Waals surface area contributed by atoms with Crippen molar-refractivity contribution < 1.29 is 23.9 Å². The average Bonchev–Trinajstić information content (AvgIpc) is 2.87. The lowest BCUT2D eigenvalue weighted by Crippen LogP contribution is -2.61. The fraction of sp³-hybridized carbons (Fsp3) is 0.824. The zero-order chi connectivity index (χ0) is 17.3. The monoisotopic (exact) mass is 325 g/mol. The number of piperidine rings is 1. The lowest BCUT2D eigenvalue weighted by atomic mass is 9.74. The Morgan fingerprint density at radius 1 is 1.35 bits per heavy atom. The second-order valence-corrected chi connectivity index (χ2v) is 7.32. The Labute approximate surface area is 137 Å². The Hall–Kier alpha value is -1.59. The Morgan fingerprint density at radius 3 is 2.65 bits per heavy atom. The normalized spacial score (nSPS) is 27.6. The van der Waals surface area contributed by atoms with E-state index >= 15 is 0 Å². The van der Waals surface area contributed by atoms with Gasteiger partial charge in [-0.05, 0) is 47.0 Å². The molecule has 6 nitrogen and oxygen atoms in total. The number of hydrogen-bond donors (Lipinski definition) is 0. The molecule has 2 atom stereocenters. The van der Waals surface area contributed by atoms with Gasteiger partial charge >= 0.3 is 11.9 Å². The maximum Gasteiger partial charge on any atom is 0.332 e. The summed E-state index contributed by atoms with van der Waals surface area (Å²) in [4.78, 5) is 38.8. The minimum atomic E-state index is -0.984. The van der Waals surface area contributed by atoms with Crippen molar-refractivity contribution in [3.05, 3.63) is 0 Å². The lowest BCUT2D eigenvalue weighted by Gasteiger charge is -2.45. The van der Waals surface area contributed by atoms with Crippen LogP contribution in [0.4, 0.5) is 0 Å². The Kier molecular flexibility index (Phi) is 5.01. The third-order valence-electron chi connectivity index (χ3n) is 4.57. The summed E-state index contributed by atoms with van der Waals surface area (Å²) in [6, 6.07) is 0. The molecule has 0 N–H and O–H groups in total. The van der Waals surface area contributed by atoms with Gasteiger partial charge in [0.1, 0.15) is 11.1 Å². The molecule has 130 valence electrons. The first kappa shape index (κ1) is 17.8. The molecule has 2 aliphatic rings. The summed E-state index contributed by atoms with van der Waals surface area (Å²) < 4.78 is 10.7. The van der Waals surface area contributed by atoms with Gasteiger partial charge in [0.15, 0.2) is 0 Å². The van der Waals surface area contributed by atoms with Crippen LogP contribution >= 0.6 is 0 Å². The molecule has 1 amide bonds. The summed E-state index contributed by atoms with van der Waals surface area (Å²) in [6.07, 6.45) is 2.35. The quantitative estimate of drug-likeness (QED) is 0.740. The predicted octanol–water partition coefficient (Wildman–Crippen LogP) is 2.05. The number of carbonyl (C=O) groups excluding carboxylic acids is 3. The highest BCUT2D eigenvalue weighted by molar-refractivity contribution is 5.91. The molecule has 0 spiro atoms. The van der Waals surface area contributed by atoms with Crippen LogP contribution in [0, 0.1) is 5.92 Å². The third kappa shape index (κ3) is 3.51. The minimum absolute atomic E-state index is 0.0176. The molecule has 6 heteroatoms. The topological polar surface area (TPSA) is 72.9 Å². The van der Waals surface area contributed by atoms with E-state index in [1.807, 2.05) is 20.8 Å². The standard InChI is InChI=1S/C17H27NO5/c1-5-22-15(21)17-9-6-10-18(17)13(19)8-7-12(17)11-14(20)23-16(2,3)4/h12H,5-11H2,1-4H3/t12-,17+/m1/s1. The first-order valence-electron chi connectivity index (χ1n) is 8.40. The molecule has 2 aliphatic heterocycles. The maximum absolute atomic E-state index is 12.7. The minimum Gasteiger partial charge on any atom is -0.464 e. The van der Waals surface area contributed by atoms with Crippen LogP contribution in [-0.4, -0.2) is 47.0 Å². The summed E-state index contributed by atoms with van der Waals surface area (Å²) in [5.41, 5.74) is -1.55. The van der Waals surface area contributed by atoms with Crippen molar-refractivity contribution in [2.45, 2.75) is 70.9 Å². The molecule has 0 bridgehead atoms. The van der Waals surface area contributed by atoms with Gasteiger partial charge in [-0.15, -0.1) is 0 Å². The predicted molar refractivity (Wildman–Crippen MR) is 83.5 cm³/mol. The van der Waals surface area contributed by atoms with E-state index in [-0.39, 0.29) is 36.8 Å². The summed E-state index contributed by atoms with van der Waals surface area (Å²) >= 11 is 0. The fourth-order valence-corrected chi connectivity index (χ4v) is 3.77. The molecule has 0 aliphatic carbocycles. The van der Waals surface area contributed by atoms with Crippen LogP contribution in [0.2, 0.25) is 0 Å². The number of esters is 2. The van der Waals surface area contributed by atoms with E-state index < -0.39 is 11.1 Å². The average molecular weight is 325 g/mol. The highest BCUT2D eigenvalue weighted by Gasteiger charge is 2.58. The molecule has 2 heterocycles. The molecule has 0 saturated carbocycles. The largest absolute Gasteiger partial charge is 0.464 e. The number of carbonyl (C=O) groups is 3. The van der Waals surface area contributed by atoms with Gasteiger partial charge in [0.05, 0.1) is 13.0 Å². The molecule has 0 aromatic carbocycles. The molecule has 0 radical (unpaired) electrons. The van der Waals surface area contributed by atoms with Gasteiger partial charge in [0, 0.05) is 18.9 Å². The fourth-order valence-electron chi connectivity index (χ4n) is 3.77. The van der Waals surface area contributed by atoms with Crippen molar-refractivity contribution in [3.8, 4) is 0 Å². The number of fused-ring (bicyclic) bond motifs is 1. The van der Waals surface area contributed by atoms with Crippen LogP contribution in [0.15, 0.2) is 0 Å². The van der Waals surface area contributed by atoms with Crippen LogP contribution in [-0.2, 0) is 23.9 Å². The van der Waals surface area contributed by atoms with Gasteiger partial charge in [0.25, 0.3) is 0 Å². The van der Waals surface area contributed by atoms with Crippen molar-refractivity contribution in [3.63, 3.8) is 0 Å². The van der Waals surface area contributed by atoms with Crippen molar-refractivity contribution in [1.82, 2.24) is 4.90 Å². The smallest absolute Gasteiger partial charge is 0.332 e. The zero-order valence-corrected chi connectivity index (χ0v) is 14.5. The van der Waals surface area contributed by atoms with Crippen molar-refractivity contribution in [2.75, 3.05) is 13.2 Å². The van der Waals surface area contributed by atoms with Gasteiger partial charge < -0.3 is 14.4 Å². The van der Waals surface area contributed by atoms with E-state index in [1.54, 1.807) is 11.8 Å². The van der Waals surface area contributed by atoms with Crippen LogP contribution in [0.5, 0.6) is 0 Å². The van der Waals surface area contributed by atoms with Crippen molar-refractivity contribution >= 4 is 17.8 Å². The van der Waals surface area contributed by atoms with Crippen molar-refractivity contribution in [1.29, 1.82) is 0 Å². The van der Waals surface area contributed by atoms with Crippen LogP contribution < -0.4 is 0 Å². The van der Waals surface area contributed by atoms with E-state index in [0.717, 1.165) is 6.42 Å². The van der Waals surface area contributed by atoms with Gasteiger partial charge in [-0.3, -0.25) is 9.59 Å². The molecular weight excluding hydrogens is 298 g/mol. The van der Waals surface area contributed by atoms with Crippen LogP contribution in [0.1, 0.15) is 59.8 Å². The number of ether oxygens (including phenoxy) is 2. The highest BCUT2D eigenvalue weighted by atomic mass is 16.6. The van der Waals surface area contributed by atoms with Gasteiger partial charge in [-0.25, -0.2) is 4.79 Å². The van der Waals surface area contributed by atoms with Crippen molar-refractivity contribution in [2.24, 2.45) is 5.92 Å². The third-order valence-corrected chi connectivity index (χ3v) is 4.57. The Bertz CT molecular complexity index is 496. The number of amides is 1. The van der Waals surface area contributed by atoms with Gasteiger partial charge in [-0.2, -0.15) is 0 Å². The summed E-state index contributed by atoms with van der Waals surface area (Å²) in [5, 5.41) is 0. The van der Waals surface area contributed by atoms with E-state index in [0.29, 0.717) is 25.8 Å². The van der Waals surface area contributed by atoms with Gasteiger partial charge in [-0.1, -0.05) is 0 Å². The van der Waals surface area contributed by atoms with Crippen LogP contribution in [0.25, 0.3) is 0 Å². The second-order valence-electron chi connectivity index (χ2n) is 7.32. The highest BCUT2D eigenvalue weighted by Crippen LogP contribution is 2.45. The first-order valence-corrected chi connectivity index (χ1v) is 8.40. The molecule has 2 rings (SSSR count).